The molecule has 0 bridgehead atoms. The van der Waals surface area contributed by atoms with E-state index in [0.717, 1.165) is 0 Å². The number of hydrogen-bond donors (Lipinski definition) is 1. The fourth-order valence-corrected chi connectivity index (χ4v) is 3.05. The first-order valence-electron chi connectivity index (χ1n) is 7.79. The second-order valence-corrected chi connectivity index (χ2v) is 5.85. The average molecular weight is 330 g/mol. The van der Waals surface area contributed by atoms with Crippen molar-refractivity contribution in [1.82, 2.24) is 9.88 Å². The summed E-state index contributed by atoms with van der Waals surface area (Å²) in [7, 11) is 1.52. The number of hydrogen-bond acceptors (Lipinski definition) is 4. The van der Waals surface area contributed by atoms with Crippen molar-refractivity contribution in [3.05, 3.63) is 59.5 Å². The Morgan fingerprint density at radius 1 is 1.38 bits per heavy atom. The molecule has 2 aromatic rings. The van der Waals surface area contributed by atoms with E-state index in [4.69, 9.17) is 4.74 Å². The standard InChI is InChI=1S/C18H19FN2O3/c1-24-17-7-3-6-14(20-17)9-18(23)21-11-15(22)10-16(21)12-4-2-5-13(19)8-12/h2-8,15-16,22H,9-11H2,1H3/t15-,16-/m1/s1. The molecule has 0 saturated carbocycles. The van der Waals surface area contributed by atoms with Gasteiger partial charge in [0, 0.05) is 12.6 Å². The van der Waals surface area contributed by atoms with Gasteiger partial charge in [0.1, 0.15) is 5.82 Å². The van der Waals surface area contributed by atoms with Crippen molar-refractivity contribution in [3.63, 3.8) is 0 Å². The number of aliphatic hydroxyl groups is 1. The lowest BCUT2D eigenvalue weighted by atomic mass is 10.0. The fraction of sp³-hybridized carbons (Fsp3) is 0.333. The largest absolute Gasteiger partial charge is 0.481 e. The van der Waals surface area contributed by atoms with Gasteiger partial charge in [-0.25, -0.2) is 9.37 Å². The summed E-state index contributed by atoms with van der Waals surface area (Å²) in [5.41, 5.74) is 1.29. The maximum atomic E-state index is 13.5. The van der Waals surface area contributed by atoms with Gasteiger partial charge in [0.05, 0.1) is 31.4 Å². The van der Waals surface area contributed by atoms with Gasteiger partial charge in [-0.15, -0.1) is 0 Å². The fourth-order valence-electron chi connectivity index (χ4n) is 3.05. The number of carbonyl (C=O) groups excluding carboxylic acids is 1. The number of amides is 1. The van der Waals surface area contributed by atoms with Crippen molar-refractivity contribution >= 4 is 5.91 Å². The molecule has 1 fully saturated rings. The molecule has 1 amide bonds. The minimum atomic E-state index is -0.611. The van der Waals surface area contributed by atoms with Crippen molar-refractivity contribution in [1.29, 1.82) is 0 Å². The first kappa shape index (κ1) is 16.4. The van der Waals surface area contributed by atoms with Crippen LogP contribution in [0.15, 0.2) is 42.5 Å². The van der Waals surface area contributed by atoms with Crippen LogP contribution in [0.5, 0.6) is 5.88 Å². The summed E-state index contributed by atoms with van der Waals surface area (Å²) < 4.78 is 18.6. The van der Waals surface area contributed by atoms with Crippen molar-refractivity contribution < 1.29 is 19.0 Å². The Kier molecular flexibility index (Phi) is 4.76. The van der Waals surface area contributed by atoms with Crippen LogP contribution in [-0.4, -0.2) is 40.7 Å². The third-order valence-electron chi connectivity index (χ3n) is 4.16. The van der Waals surface area contributed by atoms with E-state index in [1.165, 1.54) is 19.2 Å². The van der Waals surface area contributed by atoms with Gasteiger partial charge in [0.15, 0.2) is 0 Å². The van der Waals surface area contributed by atoms with E-state index in [9.17, 15) is 14.3 Å². The summed E-state index contributed by atoms with van der Waals surface area (Å²) in [5, 5.41) is 9.97. The van der Waals surface area contributed by atoms with Gasteiger partial charge in [0.25, 0.3) is 0 Å². The van der Waals surface area contributed by atoms with Gasteiger partial charge in [-0.2, -0.15) is 0 Å². The van der Waals surface area contributed by atoms with Crippen LogP contribution in [0.4, 0.5) is 4.39 Å². The summed E-state index contributed by atoms with van der Waals surface area (Å²) in [6.07, 6.45) is -0.100. The number of pyridine rings is 1. The highest BCUT2D eigenvalue weighted by atomic mass is 19.1. The highest BCUT2D eigenvalue weighted by Gasteiger charge is 2.35. The molecule has 1 aliphatic rings. The van der Waals surface area contributed by atoms with Gasteiger partial charge in [0.2, 0.25) is 11.8 Å². The number of carbonyl (C=O) groups is 1. The number of likely N-dealkylation sites (tertiary alicyclic amines) is 1. The van der Waals surface area contributed by atoms with Crippen LogP contribution in [-0.2, 0) is 11.2 Å². The monoisotopic (exact) mass is 330 g/mol. The molecule has 1 aromatic carbocycles. The molecule has 5 nitrogen and oxygen atoms in total. The molecule has 0 unspecified atom stereocenters. The number of halogens is 1. The normalized spacial score (nSPS) is 20.2. The number of rotatable bonds is 4. The Balaban J connectivity index is 1.79. The zero-order valence-electron chi connectivity index (χ0n) is 13.4. The summed E-state index contributed by atoms with van der Waals surface area (Å²) >= 11 is 0. The summed E-state index contributed by atoms with van der Waals surface area (Å²) in [6.45, 7) is 0.240. The van der Waals surface area contributed by atoms with Gasteiger partial charge in [-0.05, 0) is 30.2 Å². The summed E-state index contributed by atoms with van der Waals surface area (Å²) in [5.74, 6) is -0.0549. The van der Waals surface area contributed by atoms with Gasteiger partial charge in [-0.3, -0.25) is 4.79 Å². The van der Waals surface area contributed by atoms with Crippen LogP contribution in [0.25, 0.3) is 0 Å². The number of β-amino-alcohol motifs (C(OH)–C–C–N with tert-alkyl or cyclic N) is 1. The van der Waals surface area contributed by atoms with Gasteiger partial charge in [-0.1, -0.05) is 18.2 Å². The number of benzene rings is 1. The highest BCUT2D eigenvalue weighted by Crippen LogP contribution is 2.33. The lowest BCUT2D eigenvalue weighted by Gasteiger charge is -2.24. The molecule has 2 heterocycles. The SMILES string of the molecule is COc1cccc(CC(=O)N2C[C@H](O)C[C@@H]2c2cccc(F)c2)n1. The lowest BCUT2D eigenvalue weighted by Crippen LogP contribution is -2.33. The Morgan fingerprint density at radius 3 is 2.92 bits per heavy atom. The van der Waals surface area contributed by atoms with E-state index in [2.05, 4.69) is 4.98 Å². The molecule has 0 radical (unpaired) electrons. The maximum Gasteiger partial charge on any atom is 0.229 e. The van der Waals surface area contributed by atoms with E-state index < -0.39 is 6.10 Å². The molecular weight excluding hydrogens is 311 g/mol. The highest BCUT2D eigenvalue weighted by molar-refractivity contribution is 5.79. The molecule has 0 aliphatic carbocycles. The van der Waals surface area contributed by atoms with Crippen LogP contribution in [0, 0.1) is 5.82 Å². The molecule has 0 spiro atoms. The lowest BCUT2D eigenvalue weighted by molar-refractivity contribution is -0.131. The van der Waals surface area contributed by atoms with E-state index >= 15 is 0 Å². The topological polar surface area (TPSA) is 62.7 Å². The van der Waals surface area contributed by atoms with E-state index in [1.54, 1.807) is 35.2 Å². The zero-order valence-corrected chi connectivity index (χ0v) is 13.4. The minimum absolute atomic E-state index is 0.107. The second-order valence-electron chi connectivity index (χ2n) is 5.85. The molecule has 3 rings (SSSR count). The second kappa shape index (κ2) is 6.97. The van der Waals surface area contributed by atoms with Crippen LogP contribution < -0.4 is 4.74 Å². The number of nitrogens with zero attached hydrogens (tertiary/aromatic N) is 2. The smallest absolute Gasteiger partial charge is 0.229 e. The predicted octanol–water partition coefficient (Wildman–Crippen LogP) is 2.11. The quantitative estimate of drug-likeness (QED) is 0.933. The number of ether oxygens (including phenoxy) is 1. The Labute approximate surface area is 139 Å². The molecule has 1 saturated heterocycles. The summed E-state index contributed by atoms with van der Waals surface area (Å²) in [6, 6.07) is 11.1. The Bertz CT molecular complexity index is 738. The minimum Gasteiger partial charge on any atom is -0.481 e. The van der Waals surface area contributed by atoms with E-state index in [0.29, 0.717) is 23.6 Å². The molecule has 24 heavy (non-hydrogen) atoms. The maximum absolute atomic E-state index is 13.5. The third-order valence-corrected chi connectivity index (χ3v) is 4.16. The molecule has 2 atom stereocenters. The first-order chi connectivity index (χ1) is 11.6. The average Bonchev–Trinajstić information content (AvgIpc) is 2.97. The molecule has 6 heteroatoms. The zero-order chi connectivity index (χ0) is 17.1. The molecular formula is C18H19FN2O3. The van der Waals surface area contributed by atoms with Crippen LogP contribution in [0.3, 0.4) is 0 Å². The van der Waals surface area contributed by atoms with Crippen molar-refractivity contribution in [3.8, 4) is 5.88 Å². The van der Waals surface area contributed by atoms with Crippen LogP contribution in [0.1, 0.15) is 23.7 Å². The summed E-state index contributed by atoms with van der Waals surface area (Å²) in [4.78, 5) is 18.5. The van der Waals surface area contributed by atoms with Gasteiger partial charge >= 0.3 is 0 Å². The number of methoxy groups -OCH3 is 1. The molecule has 126 valence electrons. The first-order valence-corrected chi connectivity index (χ1v) is 7.79. The van der Waals surface area contributed by atoms with Gasteiger partial charge < -0.3 is 14.7 Å². The van der Waals surface area contributed by atoms with Crippen molar-refractivity contribution in [2.75, 3.05) is 13.7 Å². The third kappa shape index (κ3) is 3.54. The van der Waals surface area contributed by atoms with E-state index in [-0.39, 0.29) is 30.7 Å². The molecule has 1 aromatic heterocycles. The predicted molar refractivity (Wildman–Crippen MR) is 86.0 cm³/mol. The molecule has 1 N–H and O–H groups in total. The Morgan fingerprint density at radius 2 is 2.17 bits per heavy atom. The van der Waals surface area contributed by atoms with E-state index in [1.807, 2.05) is 0 Å². The number of aromatic nitrogens is 1. The number of aliphatic hydroxyl groups excluding tert-OH is 1. The van der Waals surface area contributed by atoms with Crippen LogP contribution >= 0.6 is 0 Å². The molecule has 1 aliphatic heterocycles. The van der Waals surface area contributed by atoms with Crippen LogP contribution in [0.2, 0.25) is 0 Å². The van der Waals surface area contributed by atoms with Crippen molar-refractivity contribution in [2.45, 2.75) is 25.0 Å². The van der Waals surface area contributed by atoms with Crippen molar-refractivity contribution in [2.24, 2.45) is 0 Å². The Hall–Kier alpha value is -2.47.